The lowest BCUT2D eigenvalue weighted by atomic mass is 10.5. The van der Waals surface area contributed by atoms with E-state index in [1.54, 1.807) is 0 Å². The zero-order valence-electron chi connectivity index (χ0n) is 6.76. The average Bonchev–Trinajstić information content (AvgIpc) is 2.32. The van der Waals surface area contributed by atoms with Gasteiger partial charge in [0.05, 0.1) is 5.69 Å². The normalized spacial score (nSPS) is 10.5. The number of halogens is 1. The lowest BCUT2D eigenvalue weighted by Gasteiger charge is -1.94. The van der Waals surface area contributed by atoms with E-state index in [1.165, 1.54) is 0 Å². The van der Waals surface area contributed by atoms with Crippen molar-refractivity contribution in [3.63, 3.8) is 0 Å². The van der Waals surface area contributed by atoms with E-state index in [9.17, 15) is 0 Å². The Labute approximate surface area is 74.9 Å². The summed E-state index contributed by atoms with van der Waals surface area (Å²) >= 11 is 3.37. The summed E-state index contributed by atoms with van der Waals surface area (Å²) in [5, 5.41) is 3.05. The van der Waals surface area contributed by atoms with Gasteiger partial charge in [0.2, 0.25) is 0 Å². The van der Waals surface area contributed by atoms with Crippen LogP contribution in [0.25, 0.3) is 0 Å². The maximum atomic E-state index is 4.29. The van der Waals surface area contributed by atoms with E-state index < -0.39 is 0 Å². The zero-order chi connectivity index (χ0) is 8.27. The molecule has 1 rings (SSSR count). The molecule has 0 aliphatic heterocycles. The van der Waals surface area contributed by atoms with Gasteiger partial charge >= 0.3 is 0 Å². The van der Waals surface area contributed by atoms with E-state index in [1.807, 2.05) is 13.2 Å². The van der Waals surface area contributed by atoms with Crippen molar-refractivity contribution in [1.29, 1.82) is 0 Å². The molecule has 1 heterocycles. The molecular formula is C7H12BrN3. The minimum atomic E-state index is 0.825. The van der Waals surface area contributed by atoms with Crippen LogP contribution in [0.5, 0.6) is 0 Å². The van der Waals surface area contributed by atoms with Gasteiger partial charge in [-0.2, -0.15) is 0 Å². The Hall–Kier alpha value is -0.350. The molecule has 11 heavy (non-hydrogen) atoms. The summed E-state index contributed by atoms with van der Waals surface area (Å²) in [7, 11) is 1.92. The molecule has 0 atom stereocenters. The van der Waals surface area contributed by atoms with Crippen molar-refractivity contribution >= 4 is 15.9 Å². The van der Waals surface area contributed by atoms with Gasteiger partial charge in [0.15, 0.2) is 4.73 Å². The van der Waals surface area contributed by atoms with Crippen LogP contribution in [0.15, 0.2) is 10.9 Å². The predicted octanol–water partition coefficient (Wildman–Crippen LogP) is 1.38. The molecule has 4 heteroatoms. The van der Waals surface area contributed by atoms with Crippen molar-refractivity contribution in [3.8, 4) is 0 Å². The zero-order valence-corrected chi connectivity index (χ0v) is 8.35. The van der Waals surface area contributed by atoms with E-state index in [0.717, 1.165) is 23.5 Å². The summed E-state index contributed by atoms with van der Waals surface area (Å²) in [6, 6.07) is 0. The molecule has 0 fully saturated rings. The van der Waals surface area contributed by atoms with Crippen LogP contribution in [-0.4, -0.2) is 16.6 Å². The monoisotopic (exact) mass is 217 g/mol. The molecule has 0 aliphatic rings. The molecule has 62 valence electrons. The van der Waals surface area contributed by atoms with Crippen LogP contribution in [0.1, 0.15) is 12.6 Å². The first-order valence-corrected chi connectivity index (χ1v) is 4.43. The fraction of sp³-hybridized carbons (Fsp3) is 0.571. The number of hydrogen-bond acceptors (Lipinski definition) is 2. The molecule has 0 saturated heterocycles. The highest BCUT2D eigenvalue weighted by molar-refractivity contribution is 9.10. The lowest BCUT2D eigenvalue weighted by molar-refractivity contribution is 0.739. The summed E-state index contributed by atoms with van der Waals surface area (Å²) in [5.41, 5.74) is 1.07. The number of imidazole rings is 1. The van der Waals surface area contributed by atoms with Crippen LogP contribution >= 0.6 is 15.9 Å². The standard InChI is InChI=1S/C7H12BrN3/c1-3-11-5-6(4-9-2)10-7(11)8/h5,9H,3-4H2,1-2H3. The molecule has 0 unspecified atom stereocenters. The van der Waals surface area contributed by atoms with E-state index in [4.69, 9.17) is 0 Å². The third-order valence-electron chi connectivity index (χ3n) is 1.48. The fourth-order valence-electron chi connectivity index (χ4n) is 0.933. The molecule has 3 nitrogen and oxygen atoms in total. The van der Waals surface area contributed by atoms with E-state index in [-0.39, 0.29) is 0 Å². The summed E-state index contributed by atoms with van der Waals surface area (Å²) in [4.78, 5) is 4.29. The summed E-state index contributed by atoms with van der Waals surface area (Å²) in [6.07, 6.45) is 2.04. The molecule has 0 amide bonds. The Morgan fingerprint density at radius 3 is 2.91 bits per heavy atom. The summed E-state index contributed by atoms with van der Waals surface area (Å²) < 4.78 is 2.97. The molecular weight excluding hydrogens is 206 g/mol. The molecule has 1 aromatic rings. The molecule has 1 aromatic heterocycles. The van der Waals surface area contributed by atoms with Gasteiger partial charge in [-0.3, -0.25) is 0 Å². The van der Waals surface area contributed by atoms with Crippen molar-refractivity contribution in [1.82, 2.24) is 14.9 Å². The van der Waals surface area contributed by atoms with Gasteiger partial charge in [-0.05, 0) is 29.9 Å². The van der Waals surface area contributed by atoms with Crippen LogP contribution in [-0.2, 0) is 13.1 Å². The molecule has 0 spiro atoms. The number of rotatable bonds is 3. The third-order valence-corrected chi connectivity index (χ3v) is 2.11. The van der Waals surface area contributed by atoms with Gasteiger partial charge in [-0.1, -0.05) is 0 Å². The second kappa shape index (κ2) is 3.88. The van der Waals surface area contributed by atoms with Crippen molar-refractivity contribution in [2.24, 2.45) is 0 Å². The quantitative estimate of drug-likeness (QED) is 0.830. The Morgan fingerprint density at radius 2 is 2.45 bits per heavy atom. The first kappa shape index (κ1) is 8.74. The first-order chi connectivity index (χ1) is 5.27. The lowest BCUT2D eigenvalue weighted by Crippen LogP contribution is -2.04. The van der Waals surface area contributed by atoms with Crippen molar-refractivity contribution in [2.45, 2.75) is 20.0 Å². The van der Waals surface area contributed by atoms with Crippen molar-refractivity contribution in [2.75, 3.05) is 7.05 Å². The van der Waals surface area contributed by atoms with Crippen molar-refractivity contribution in [3.05, 3.63) is 16.6 Å². The SMILES string of the molecule is CCn1cc(CNC)nc1Br. The highest BCUT2D eigenvalue weighted by Gasteiger charge is 2.01. The van der Waals surface area contributed by atoms with Crippen LogP contribution in [0.3, 0.4) is 0 Å². The Balaban J connectivity index is 2.77. The topological polar surface area (TPSA) is 29.9 Å². The molecule has 1 N–H and O–H groups in total. The maximum Gasteiger partial charge on any atom is 0.177 e. The van der Waals surface area contributed by atoms with Gasteiger partial charge in [0.1, 0.15) is 0 Å². The molecule has 0 bridgehead atoms. The second-order valence-corrected chi connectivity index (χ2v) is 3.03. The summed E-state index contributed by atoms with van der Waals surface area (Å²) in [6.45, 7) is 3.87. The van der Waals surface area contributed by atoms with Gasteiger partial charge in [-0.25, -0.2) is 4.98 Å². The molecule has 0 aliphatic carbocycles. The highest BCUT2D eigenvalue weighted by atomic mass is 79.9. The van der Waals surface area contributed by atoms with Crippen LogP contribution in [0.2, 0.25) is 0 Å². The van der Waals surface area contributed by atoms with Gasteiger partial charge < -0.3 is 9.88 Å². The van der Waals surface area contributed by atoms with Crippen LogP contribution in [0.4, 0.5) is 0 Å². The second-order valence-electron chi connectivity index (χ2n) is 2.32. The van der Waals surface area contributed by atoms with E-state index in [2.05, 4.69) is 37.7 Å². The van der Waals surface area contributed by atoms with Crippen molar-refractivity contribution < 1.29 is 0 Å². The van der Waals surface area contributed by atoms with E-state index in [0.29, 0.717) is 0 Å². The van der Waals surface area contributed by atoms with E-state index >= 15 is 0 Å². The average molecular weight is 218 g/mol. The number of hydrogen-bond donors (Lipinski definition) is 1. The maximum absolute atomic E-state index is 4.29. The number of nitrogens with one attached hydrogen (secondary N) is 1. The predicted molar refractivity (Wildman–Crippen MR) is 48.4 cm³/mol. The molecule has 0 aromatic carbocycles. The largest absolute Gasteiger partial charge is 0.326 e. The minimum Gasteiger partial charge on any atom is -0.326 e. The van der Waals surface area contributed by atoms with Gasteiger partial charge in [0, 0.05) is 19.3 Å². The Bertz CT molecular complexity index is 232. The summed E-state index contributed by atoms with van der Waals surface area (Å²) in [5.74, 6) is 0. The first-order valence-electron chi connectivity index (χ1n) is 3.64. The smallest absolute Gasteiger partial charge is 0.177 e. The van der Waals surface area contributed by atoms with Crippen LogP contribution < -0.4 is 5.32 Å². The Morgan fingerprint density at radius 1 is 1.73 bits per heavy atom. The highest BCUT2D eigenvalue weighted by Crippen LogP contribution is 2.09. The molecule has 0 saturated carbocycles. The number of aryl methyl sites for hydroxylation is 1. The fourth-order valence-corrected chi connectivity index (χ4v) is 1.51. The number of aromatic nitrogens is 2. The third kappa shape index (κ3) is 2.04. The van der Waals surface area contributed by atoms with Crippen LogP contribution in [0, 0.1) is 0 Å². The number of nitrogens with zero attached hydrogens (tertiary/aromatic N) is 2. The molecule has 0 radical (unpaired) electrons. The van der Waals surface area contributed by atoms with Gasteiger partial charge in [-0.15, -0.1) is 0 Å². The Kier molecular flexibility index (Phi) is 3.08. The van der Waals surface area contributed by atoms with Gasteiger partial charge in [0.25, 0.3) is 0 Å². The minimum absolute atomic E-state index is 0.825.